The molecule has 1 unspecified atom stereocenters. The van der Waals surface area contributed by atoms with Gasteiger partial charge in [-0.05, 0) is 5.92 Å². The topological polar surface area (TPSA) is 67.2 Å². The molecular formula is C13H20N4O2. The van der Waals surface area contributed by atoms with E-state index in [4.69, 9.17) is 0 Å². The molecule has 0 aromatic carbocycles. The minimum Gasteiger partial charge on any atom is -0.356 e. The van der Waals surface area contributed by atoms with Crippen LogP contribution in [-0.2, 0) is 16.6 Å². The Kier molecular flexibility index (Phi) is 3.87. The molecule has 1 N–H and O–H groups in total. The van der Waals surface area contributed by atoms with Crippen molar-refractivity contribution in [3.8, 4) is 0 Å². The molecule has 0 aliphatic carbocycles. The van der Waals surface area contributed by atoms with Crippen molar-refractivity contribution in [3.05, 3.63) is 12.4 Å². The van der Waals surface area contributed by atoms with Crippen LogP contribution in [-0.4, -0.2) is 34.7 Å². The Hall–Kier alpha value is -1.85. The summed E-state index contributed by atoms with van der Waals surface area (Å²) in [5.74, 6) is 0.105. The first-order valence-corrected chi connectivity index (χ1v) is 6.54. The number of aromatic nitrogens is 2. The van der Waals surface area contributed by atoms with Crippen molar-refractivity contribution in [3.63, 3.8) is 0 Å². The second-order valence-corrected chi connectivity index (χ2v) is 5.42. The molecule has 0 bridgehead atoms. The monoisotopic (exact) mass is 264 g/mol. The van der Waals surface area contributed by atoms with Crippen LogP contribution < -0.4 is 10.2 Å². The third kappa shape index (κ3) is 3.13. The minimum absolute atomic E-state index is 0.0160. The fourth-order valence-corrected chi connectivity index (χ4v) is 2.13. The fraction of sp³-hybridized carbons (Fsp3) is 0.615. The van der Waals surface area contributed by atoms with Crippen molar-refractivity contribution in [2.45, 2.75) is 20.3 Å². The lowest BCUT2D eigenvalue weighted by molar-refractivity contribution is -0.126. The van der Waals surface area contributed by atoms with Crippen molar-refractivity contribution in [1.29, 1.82) is 0 Å². The van der Waals surface area contributed by atoms with Crippen LogP contribution in [0.3, 0.4) is 0 Å². The number of anilines is 1. The van der Waals surface area contributed by atoms with Gasteiger partial charge < -0.3 is 10.2 Å². The summed E-state index contributed by atoms with van der Waals surface area (Å²) in [6, 6.07) is 0. The van der Waals surface area contributed by atoms with Crippen LogP contribution >= 0.6 is 0 Å². The lowest BCUT2D eigenvalue weighted by atomic mass is 10.1. The van der Waals surface area contributed by atoms with E-state index < -0.39 is 0 Å². The van der Waals surface area contributed by atoms with Crippen LogP contribution in [0.25, 0.3) is 0 Å². The standard InChI is InChI=1S/C13H20N4O2/c1-9(2)5-14-13(19)10-4-12(18)17(7-10)11-6-15-16(3)8-11/h6,8-10H,4-5,7H2,1-3H3,(H,14,19). The summed E-state index contributed by atoms with van der Waals surface area (Å²) in [5.41, 5.74) is 0.756. The van der Waals surface area contributed by atoms with E-state index in [1.165, 1.54) is 0 Å². The molecule has 2 rings (SSSR count). The molecule has 1 aliphatic heterocycles. The van der Waals surface area contributed by atoms with E-state index >= 15 is 0 Å². The number of carbonyl (C=O) groups excluding carboxylic acids is 2. The molecule has 0 saturated carbocycles. The maximum atomic E-state index is 12.0. The number of nitrogens with zero attached hydrogens (tertiary/aromatic N) is 3. The summed E-state index contributed by atoms with van der Waals surface area (Å²) in [4.78, 5) is 25.5. The molecule has 2 heterocycles. The highest BCUT2D eigenvalue weighted by Gasteiger charge is 2.35. The van der Waals surface area contributed by atoms with Crippen molar-refractivity contribution in [2.75, 3.05) is 18.0 Å². The van der Waals surface area contributed by atoms with Gasteiger partial charge in [0.2, 0.25) is 11.8 Å². The third-order valence-corrected chi connectivity index (χ3v) is 3.18. The highest BCUT2D eigenvalue weighted by Crippen LogP contribution is 2.24. The van der Waals surface area contributed by atoms with E-state index in [1.54, 1.807) is 29.0 Å². The number of nitrogens with one attached hydrogen (secondary N) is 1. The maximum Gasteiger partial charge on any atom is 0.227 e. The number of rotatable bonds is 4. The Morgan fingerprint density at radius 3 is 2.89 bits per heavy atom. The lowest BCUT2D eigenvalue weighted by Crippen LogP contribution is -2.34. The van der Waals surface area contributed by atoms with Gasteiger partial charge in [0.15, 0.2) is 0 Å². The molecule has 19 heavy (non-hydrogen) atoms. The zero-order valence-corrected chi connectivity index (χ0v) is 11.6. The first-order chi connectivity index (χ1) is 8.97. The Bertz CT molecular complexity index is 481. The molecule has 104 valence electrons. The predicted molar refractivity (Wildman–Crippen MR) is 71.5 cm³/mol. The largest absolute Gasteiger partial charge is 0.356 e. The maximum absolute atomic E-state index is 12.0. The van der Waals surface area contributed by atoms with Crippen molar-refractivity contribution in [2.24, 2.45) is 18.9 Å². The van der Waals surface area contributed by atoms with E-state index in [1.807, 2.05) is 13.8 Å². The van der Waals surface area contributed by atoms with Crippen LogP contribution in [0.15, 0.2) is 12.4 Å². The quantitative estimate of drug-likeness (QED) is 0.863. The van der Waals surface area contributed by atoms with E-state index in [0.29, 0.717) is 19.0 Å². The number of aryl methyl sites for hydroxylation is 1. The first kappa shape index (κ1) is 13.6. The van der Waals surface area contributed by atoms with Crippen molar-refractivity contribution < 1.29 is 9.59 Å². The third-order valence-electron chi connectivity index (χ3n) is 3.18. The Balaban J connectivity index is 1.97. The molecular weight excluding hydrogens is 244 g/mol. The van der Waals surface area contributed by atoms with Gasteiger partial charge in [-0.2, -0.15) is 5.10 Å². The predicted octanol–water partition coefficient (Wildman–Crippen LogP) is 0.545. The fourth-order valence-electron chi connectivity index (χ4n) is 2.13. The van der Waals surface area contributed by atoms with Gasteiger partial charge in [0.05, 0.1) is 17.8 Å². The minimum atomic E-state index is -0.258. The van der Waals surface area contributed by atoms with E-state index in [-0.39, 0.29) is 24.2 Å². The second-order valence-electron chi connectivity index (χ2n) is 5.42. The molecule has 6 heteroatoms. The van der Waals surface area contributed by atoms with E-state index in [2.05, 4.69) is 10.4 Å². The molecule has 2 amide bonds. The summed E-state index contributed by atoms with van der Waals surface area (Å²) in [6.07, 6.45) is 3.71. The molecule has 1 atom stereocenters. The highest BCUT2D eigenvalue weighted by atomic mass is 16.2. The van der Waals surface area contributed by atoms with Gasteiger partial charge in [-0.1, -0.05) is 13.8 Å². The normalized spacial score (nSPS) is 19.3. The Morgan fingerprint density at radius 2 is 2.32 bits per heavy atom. The molecule has 1 aromatic rings. The summed E-state index contributed by atoms with van der Waals surface area (Å²) in [6.45, 7) is 5.18. The molecule has 1 saturated heterocycles. The van der Waals surface area contributed by atoms with Crippen molar-refractivity contribution in [1.82, 2.24) is 15.1 Å². The summed E-state index contributed by atoms with van der Waals surface area (Å²) >= 11 is 0. The van der Waals surface area contributed by atoms with Gasteiger partial charge >= 0.3 is 0 Å². The molecule has 0 radical (unpaired) electrons. The van der Waals surface area contributed by atoms with Crippen LogP contribution in [0, 0.1) is 11.8 Å². The number of amides is 2. The molecule has 1 fully saturated rings. The molecule has 6 nitrogen and oxygen atoms in total. The van der Waals surface area contributed by atoms with Gasteiger partial charge in [0, 0.05) is 32.8 Å². The zero-order chi connectivity index (χ0) is 14.0. The van der Waals surface area contributed by atoms with E-state index in [0.717, 1.165) is 5.69 Å². The zero-order valence-electron chi connectivity index (χ0n) is 11.6. The number of carbonyl (C=O) groups is 2. The summed E-state index contributed by atoms with van der Waals surface area (Å²) in [7, 11) is 1.80. The van der Waals surface area contributed by atoms with Gasteiger partial charge in [0.25, 0.3) is 0 Å². The molecule has 0 spiro atoms. The van der Waals surface area contributed by atoms with Gasteiger partial charge in [-0.25, -0.2) is 0 Å². The average molecular weight is 264 g/mol. The van der Waals surface area contributed by atoms with Gasteiger partial charge in [-0.15, -0.1) is 0 Å². The van der Waals surface area contributed by atoms with Crippen LogP contribution in [0.4, 0.5) is 5.69 Å². The summed E-state index contributed by atoms with van der Waals surface area (Å²) < 4.78 is 1.65. The molecule has 1 aromatic heterocycles. The number of hydrogen-bond donors (Lipinski definition) is 1. The Labute approximate surface area is 112 Å². The van der Waals surface area contributed by atoms with Crippen LogP contribution in [0.5, 0.6) is 0 Å². The van der Waals surface area contributed by atoms with Crippen molar-refractivity contribution >= 4 is 17.5 Å². The second kappa shape index (κ2) is 5.42. The van der Waals surface area contributed by atoms with Crippen LogP contribution in [0.1, 0.15) is 20.3 Å². The lowest BCUT2D eigenvalue weighted by Gasteiger charge is -2.14. The highest BCUT2D eigenvalue weighted by molar-refractivity contribution is 6.00. The average Bonchev–Trinajstić information content (AvgIpc) is 2.92. The van der Waals surface area contributed by atoms with Gasteiger partial charge in [0.1, 0.15) is 0 Å². The van der Waals surface area contributed by atoms with Gasteiger partial charge in [-0.3, -0.25) is 14.3 Å². The molecule has 1 aliphatic rings. The van der Waals surface area contributed by atoms with Crippen LogP contribution in [0.2, 0.25) is 0 Å². The SMILES string of the molecule is CC(C)CNC(=O)C1CC(=O)N(c2cnn(C)c2)C1. The summed E-state index contributed by atoms with van der Waals surface area (Å²) in [5, 5.41) is 6.93. The number of hydrogen-bond acceptors (Lipinski definition) is 3. The first-order valence-electron chi connectivity index (χ1n) is 6.54. The Morgan fingerprint density at radius 1 is 1.58 bits per heavy atom. The van der Waals surface area contributed by atoms with E-state index in [9.17, 15) is 9.59 Å². The smallest absolute Gasteiger partial charge is 0.227 e.